The van der Waals surface area contributed by atoms with Crippen molar-refractivity contribution in [2.24, 2.45) is 5.16 Å². The van der Waals surface area contributed by atoms with Gasteiger partial charge in [-0.2, -0.15) is 13.2 Å². The first-order valence-electron chi connectivity index (χ1n) is 8.84. The van der Waals surface area contributed by atoms with E-state index < -0.39 is 18.2 Å². The molecule has 1 unspecified atom stereocenters. The summed E-state index contributed by atoms with van der Waals surface area (Å²) >= 11 is 11.7. The summed E-state index contributed by atoms with van der Waals surface area (Å²) in [6.07, 6.45) is -4.47. The molecular weight excluding hydrogens is 428 g/mol. The van der Waals surface area contributed by atoms with Crippen molar-refractivity contribution in [3.63, 3.8) is 0 Å². The van der Waals surface area contributed by atoms with Crippen LogP contribution in [0.3, 0.4) is 0 Å². The standard InChI is InChI=1S/C20H17Cl2F3N2O2/c1-2-9-26-18(28)13-5-3-12(4-6-13)17-11-19(29-27-17,20(23,24)25)14-7-8-15(21)16(22)10-14/h3-8,10H,2,9,11H2,1H3,(H,26,28). The fourth-order valence-corrected chi connectivity index (χ4v) is 3.26. The molecule has 1 atom stereocenters. The van der Waals surface area contributed by atoms with E-state index >= 15 is 0 Å². The molecule has 0 fully saturated rings. The van der Waals surface area contributed by atoms with Crippen molar-refractivity contribution >= 4 is 34.8 Å². The minimum atomic E-state index is -4.74. The van der Waals surface area contributed by atoms with E-state index in [4.69, 9.17) is 28.0 Å². The molecule has 1 amide bonds. The molecule has 1 aliphatic rings. The summed E-state index contributed by atoms with van der Waals surface area (Å²) in [5.74, 6) is -0.247. The van der Waals surface area contributed by atoms with E-state index in [-0.39, 0.29) is 27.2 Å². The number of carbonyl (C=O) groups is 1. The second-order valence-electron chi connectivity index (χ2n) is 6.59. The molecule has 0 spiro atoms. The van der Waals surface area contributed by atoms with Crippen LogP contribution in [0.15, 0.2) is 47.6 Å². The number of amides is 1. The van der Waals surface area contributed by atoms with Crippen molar-refractivity contribution in [2.45, 2.75) is 31.5 Å². The van der Waals surface area contributed by atoms with Crippen LogP contribution in [0.2, 0.25) is 10.0 Å². The molecule has 0 saturated heterocycles. The zero-order valence-corrected chi connectivity index (χ0v) is 16.8. The van der Waals surface area contributed by atoms with Gasteiger partial charge in [-0.1, -0.05) is 53.5 Å². The third kappa shape index (κ3) is 4.21. The lowest BCUT2D eigenvalue weighted by molar-refractivity contribution is -0.275. The molecule has 0 aromatic heterocycles. The minimum Gasteiger partial charge on any atom is -0.374 e. The third-order valence-electron chi connectivity index (χ3n) is 4.59. The van der Waals surface area contributed by atoms with Gasteiger partial charge in [0.1, 0.15) is 0 Å². The number of hydrogen-bond donors (Lipinski definition) is 1. The van der Waals surface area contributed by atoms with E-state index in [0.717, 1.165) is 12.5 Å². The van der Waals surface area contributed by atoms with E-state index in [1.54, 1.807) is 12.1 Å². The summed E-state index contributed by atoms with van der Waals surface area (Å²) in [6.45, 7) is 2.47. The Morgan fingerprint density at radius 1 is 1.17 bits per heavy atom. The highest BCUT2D eigenvalue weighted by atomic mass is 35.5. The van der Waals surface area contributed by atoms with E-state index in [1.165, 1.54) is 24.3 Å². The summed E-state index contributed by atoms with van der Waals surface area (Å²) in [5, 5.41) is 6.57. The van der Waals surface area contributed by atoms with Gasteiger partial charge in [0, 0.05) is 24.1 Å². The largest absolute Gasteiger partial charge is 0.435 e. The van der Waals surface area contributed by atoms with Gasteiger partial charge in [0.2, 0.25) is 0 Å². The van der Waals surface area contributed by atoms with Crippen molar-refractivity contribution in [3.8, 4) is 0 Å². The van der Waals surface area contributed by atoms with Gasteiger partial charge in [-0.25, -0.2) is 0 Å². The van der Waals surface area contributed by atoms with Crippen molar-refractivity contribution in [1.29, 1.82) is 0 Å². The van der Waals surface area contributed by atoms with Crippen LogP contribution in [-0.4, -0.2) is 24.3 Å². The highest BCUT2D eigenvalue weighted by Gasteiger charge is 2.62. The Morgan fingerprint density at radius 3 is 2.45 bits per heavy atom. The molecule has 0 saturated carbocycles. The van der Waals surface area contributed by atoms with Gasteiger partial charge in [0.15, 0.2) is 0 Å². The van der Waals surface area contributed by atoms with Crippen LogP contribution in [0, 0.1) is 0 Å². The van der Waals surface area contributed by atoms with Gasteiger partial charge in [0.05, 0.1) is 15.8 Å². The first-order chi connectivity index (χ1) is 13.7. The fourth-order valence-electron chi connectivity index (χ4n) is 2.96. The molecular formula is C20H17Cl2F3N2O2. The highest BCUT2D eigenvalue weighted by molar-refractivity contribution is 6.42. The Balaban J connectivity index is 1.87. The number of benzene rings is 2. The second kappa shape index (κ2) is 8.24. The highest BCUT2D eigenvalue weighted by Crippen LogP contribution is 2.49. The van der Waals surface area contributed by atoms with Crippen LogP contribution in [0.4, 0.5) is 13.2 Å². The van der Waals surface area contributed by atoms with Crippen LogP contribution >= 0.6 is 23.2 Å². The SMILES string of the molecule is CCCNC(=O)c1ccc(C2=NOC(c3ccc(Cl)c(Cl)c3)(C(F)(F)F)C2)cc1. The summed E-state index contributed by atoms with van der Waals surface area (Å²) in [5.41, 5.74) is -1.88. The molecule has 3 rings (SSSR count). The van der Waals surface area contributed by atoms with Gasteiger partial charge in [-0.3, -0.25) is 4.79 Å². The van der Waals surface area contributed by atoms with E-state index in [0.29, 0.717) is 17.7 Å². The molecule has 0 radical (unpaired) electrons. The van der Waals surface area contributed by atoms with Crippen molar-refractivity contribution in [3.05, 3.63) is 69.2 Å². The molecule has 0 aliphatic carbocycles. The number of oxime groups is 1. The van der Waals surface area contributed by atoms with Gasteiger partial charge in [-0.15, -0.1) is 0 Å². The number of alkyl halides is 3. The van der Waals surface area contributed by atoms with E-state index in [2.05, 4.69) is 10.5 Å². The topological polar surface area (TPSA) is 50.7 Å². The monoisotopic (exact) mass is 444 g/mol. The maximum atomic E-state index is 14.0. The summed E-state index contributed by atoms with van der Waals surface area (Å²) < 4.78 is 42.0. The summed E-state index contributed by atoms with van der Waals surface area (Å²) in [4.78, 5) is 16.9. The molecule has 1 heterocycles. The van der Waals surface area contributed by atoms with Gasteiger partial charge in [-0.05, 0) is 36.2 Å². The molecule has 1 aliphatic heterocycles. The van der Waals surface area contributed by atoms with E-state index in [9.17, 15) is 18.0 Å². The normalized spacial score (nSPS) is 18.9. The number of rotatable bonds is 5. The first-order valence-corrected chi connectivity index (χ1v) is 9.59. The summed E-state index contributed by atoms with van der Waals surface area (Å²) in [7, 11) is 0. The Bertz CT molecular complexity index is 946. The Hall–Kier alpha value is -2.25. The molecule has 1 N–H and O–H groups in total. The quantitative estimate of drug-likeness (QED) is 0.641. The van der Waals surface area contributed by atoms with Crippen LogP contribution in [-0.2, 0) is 10.4 Å². The van der Waals surface area contributed by atoms with Crippen molar-refractivity contribution < 1.29 is 22.8 Å². The Kier molecular flexibility index (Phi) is 6.10. The maximum Gasteiger partial charge on any atom is 0.435 e. The molecule has 2 aromatic rings. The van der Waals surface area contributed by atoms with Gasteiger partial charge < -0.3 is 10.2 Å². The predicted molar refractivity (Wildman–Crippen MR) is 106 cm³/mol. The second-order valence-corrected chi connectivity index (χ2v) is 7.41. The average molecular weight is 445 g/mol. The zero-order chi connectivity index (χ0) is 21.2. The molecule has 0 bridgehead atoms. The average Bonchev–Trinajstić information content (AvgIpc) is 3.15. The van der Waals surface area contributed by atoms with Crippen molar-refractivity contribution in [2.75, 3.05) is 6.54 Å². The Labute approximate surface area is 175 Å². The van der Waals surface area contributed by atoms with Gasteiger partial charge in [0.25, 0.3) is 11.5 Å². The van der Waals surface area contributed by atoms with Crippen LogP contribution < -0.4 is 5.32 Å². The smallest absolute Gasteiger partial charge is 0.374 e. The zero-order valence-electron chi connectivity index (χ0n) is 15.3. The van der Waals surface area contributed by atoms with Gasteiger partial charge >= 0.3 is 6.18 Å². The molecule has 154 valence electrons. The molecule has 9 heteroatoms. The number of nitrogens with one attached hydrogen (secondary N) is 1. The number of halogens is 5. The number of nitrogens with zero attached hydrogens (tertiary/aromatic N) is 1. The third-order valence-corrected chi connectivity index (χ3v) is 5.33. The lowest BCUT2D eigenvalue weighted by atomic mass is 9.86. The van der Waals surface area contributed by atoms with Crippen LogP contribution in [0.1, 0.15) is 41.3 Å². The fraction of sp³-hybridized carbons (Fsp3) is 0.300. The van der Waals surface area contributed by atoms with Crippen molar-refractivity contribution in [1.82, 2.24) is 5.32 Å². The maximum absolute atomic E-state index is 14.0. The minimum absolute atomic E-state index is 0.00714. The Morgan fingerprint density at radius 2 is 1.86 bits per heavy atom. The lowest BCUT2D eigenvalue weighted by Gasteiger charge is -2.29. The lowest BCUT2D eigenvalue weighted by Crippen LogP contribution is -2.42. The number of hydrogen-bond acceptors (Lipinski definition) is 3. The molecule has 2 aromatic carbocycles. The predicted octanol–water partition coefficient (Wildman–Crippen LogP) is 5.72. The first kappa shape index (κ1) is 21.5. The molecule has 29 heavy (non-hydrogen) atoms. The van der Waals surface area contributed by atoms with Crippen LogP contribution in [0.25, 0.3) is 0 Å². The summed E-state index contributed by atoms with van der Waals surface area (Å²) in [6, 6.07) is 9.82. The number of carbonyl (C=O) groups excluding carboxylic acids is 1. The van der Waals surface area contributed by atoms with E-state index in [1.807, 2.05) is 6.92 Å². The van der Waals surface area contributed by atoms with Crippen LogP contribution in [0.5, 0.6) is 0 Å². The molecule has 4 nitrogen and oxygen atoms in total.